The number of hydrogen-bond donors (Lipinski definition) is 0. The summed E-state index contributed by atoms with van der Waals surface area (Å²) in [5.74, 6) is 2.95. The highest BCUT2D eigenvalue weighted by molar-refractivity contribution is 5.30. The van der Waals surface area contributed by atoms with Gasteiger partial charge in [0.15, 0.2) is 5.79 Å². The van der Waals surface area contributed by atoms with Crippen molar-refractivity contribution in [1.82, 2.24) is 15.2 Å². The van der Waals surface area contributed by atoms with Crippen LogP contribution in [0.4, 0.5) is 0 Å². The van der Waals surface area contributed by atoms with E-state index in [1.54, 1.807) is 0 Å². The Morgan fingerprint density at radius 1 is 0.482 bits per heavy atom. The molecule has 1 saturated carbocycles. The fourth-order valence-electron chi connectivity index (χ4n) is 13.1. The zero-order valence-corrected chi connectivity index (χ0v) is 54.5. The minimum Gasteiger partial charge on any atom is -0.493 e. The second-order valence-corrected chi connectivity index (χ2v) is 29.8. The smallest absolute Gasteiger partial charge is 0.171 e. The van der Waals surface area contributed by atoms with Crippen molar-refractivity contribution < 1.29 is 52.4 Å². The van der Waals surface area contributed by atoms with Crippen LogP contribution in [0.3, 0.4) is 0 Å². The van der Waals surface area contributed by atoms with Gasteiger partial charge in [-0.2, -0.15) is 15.2 Å². The Balaban J connectivity index is 0.000000164. The maximum absolute atomic E-state index is 6.59. The average molecular weight is 1160 g/mol. The summed E-state index contributed by atoms with van der Waals surface area (Å²) in [6.07, 6.45) is 11.5. The molecule has 0 bridgehead atoms. The summed E-state index contributed by atoms with van der Waals surface area (Å²) >= 11 is 0. The van der Waals surface area contributed by atoms with Gasteiger partial charge in [0.25, 0.3) is 0 Å². The van der Waals surface area contributed by atoms with Crippen LogP contribution in [-0.2, 0) is 38.2 Å². The molecule has 6 saturated heterocycles. The van der Waals surface area contributed by atoms with Crippen LogP contribution >= 0.6 is 0 Å². The standard InChI is InChI=1S/C25H39NO5.C23H37NO4.C21H33NO2/c1-18(19-8-10-20(11-9-19)27-12-21-13-28-21)31-26-23(4,5)14-25(15-24(26,6)7)29-16-22(2,3)17-30-25;1-7-12-25-20-13-22(3,4)24(23(5,6)14-20)28-17(2)18-8-10-19(11-9-18)26-15-21-16-27-21;1-16(24-22-20(2,3)13-6-14-21(22,4)5)18-9-11-19(12-10-18)23-15-17-7-8-17/h8-11,18,21H,12-17H2,1-7H3;8-11,17,20-21H,7,12-16H2,1-6H3;9-12,16-17H,6-8,13-15H2,1-5H3. The maximum Gasteiger partial charge on any atom is 0.171 e. The Morgan fingerprint density at radius 3 is 1.18 bits per heavy atom. The molecular formula is C69H109N3O11. The lowest BCUT2D eigenvalue weighted by molar-refractivity contribution is -0.387. The molecular weight excluding hydrogens is 1050 g/mol. The van der Waals surface area contributed by atoms with Crippen molar-refractivity contribution in [2.24, 2.45) is 11.3 Å². The van der Waals surface area contributed by atoms with Crippen molar-refractivity contribution in [1.29, 1.82) is 0 Å². The van der Waals surface area contributed by atoms with Crippen molar-refractivity contribution in [3.63, 3.8) is 0 Å². The van der Waals surface area contributed by atoms with Crippen LogP contribution in [-0.4, -0.2) is 125 Å². The lowest BCUT2D eigenvalue weighted by Gasteiger charge is -2.59. The van der Waals surface area contributed by atoms with Crippen molar-refractivity contribution in [3.05, 3.63) is 89.5 Å². The number of hydrogen-bond acceptors (Lipinski definition) is 14. The lowest BCUT2D eigenvalue weighted by Crippen LogP contribution is -2.68. The Labute approximate surface area is 501 Å². The summed E-state index contributed by atoms with van der Waals surface area (Å²) in [7, 11) is 0. The fourth-order valence-corrected chi connectivity index (χ4v) is 13.1. The third kappa shape index (κ3) is 18.3. The molecule has 0 N–H and O–H groups in total. The Hall–Kier alpha value is -3.38. The van der Waals surface area contributed by atoms with E-state index in [0.717, 1.165) is 106 Å². The first-order valence-corrected chi connectivity index (χ1v) is 31.6. The number of nitrogens with zero attached hydrogens (tertiary/aromatic N) is 3. The molecule has 7 aliphatic rings. The summed E-state index contributed by atoms with van der Waals surface area (Å²) in [5, 5.41) is 6.61. The SMILES string of the molecule is CC(ON1C(C)(C)CC2(CC1(C)C)OCC(C)(C)CO2)c1ccc(OCC2CO2)cc1.CC(ON1C(C)(C)CCCC1(C)C)c1ccc(OCC2CC2)cc1.CCCOC1CC(C)(C)N(OC(C)c2ccc(OCC3CO3)cc2)C(C)(C)C1. The van der Waals surface area contributed by atoms with Crippen molar-refractivity contribution in [2.45, 2.75) is 264 Å². The van der Waals surface area contributed by atoms with E-state index in [2.05, 4.69) is 188 Å². The molecule has 3 aromatic carbocycles. The van der Waals surface area contributed by atoms with E-state index in [9.17, 15) is 0 Å². The van der Waals surface area contributed by atoms with Crippen LogP contribution < -0.4 is 14.2 Å². The molecule has 3 aromatic rings. The van der Waals surface area contributed by atoms with E-state index in [4.69, 9.17) is 52.4 Å². The molecule has 5 unspecified atom stereocenters. The molecule has 466 valence electrons. The summed E-state index contributed by atoms with van der Waals surface area (Å²) in [4.78, 5) is 19.6. The molecule has 6 heterocycles. The minimum absolute atomic E-state index is 0.0347. The van der Waals surface area contributed by atoms with Crippen LogP contribution in [0.1, 0.15) is 224 Å². The number of epoxide rings is 2. The quantitative estimate of drug-likeness (QED) is 0.0942. The van der Waals surface area contributed by atoms with Crippen molar-refractivity contribution >= 4 is 0 Å². The third-order valence-corrected chi connectivity index (χ3v) is 17.4. The molecule has 14 heteroatoms. The highest BCUT2D eigenvalue weighted by atomic mass is 16.7. The molecule has 83 heavy (non-hydrogen) atoms. The van der Waals surface area contributed by atoms with Gasteiger partial charge in [-0.15, -0.1) is 0 Å². The topological polar surface area (TPSA) is 118 Å². The normalized spacial score (nSPS) is 26.7. The zero-order chi connectivity index (χ0) is 60.2. The first kappa shape index (κ1) is 65.6. The number of rotatable bonds is 21. The van der Waals surface area contributed by atoms with E-state index in [1.165, 1.54) is 37.7 Å². The molecule has 6 aliphatic heterocycles. The average Bonchev–Trinajstić information content (AvgIpc) is 2.44. The molecule has 0 aromatic heterocycles. The molecule has 7 fully saturated rings. The molecule has 14 nitrogen and oxygen atoms in total. The molecule has 1 spiro atoms. The Morgan fingerprint density at radius 2 is 0.831 bits per heavy atom. The number of benzene rings is 3. The van der Waals surface area contributed by atoms with Gasteiger partial charge in [0.05, 0.1) is 39.1 Å². The van der Waals surface area contributed by atoms with Crippen molar-refractivity contribution in [2.75, 3.05) is 52.9 Å². The predicted molar refractivity (Wildman–Crippen MR) is 327 cm³/mol. The van der Waals surface area contributed by atoms with Crippen LogP contribution in [0.25, 0.3) is 0 Å². The second kappa shape index (κ2) is 26.5. The van der Waals surface area contributed by atoms with Crippen LogP contribution in [0.2, 0.25) is 0 Å². The van der Waals surface area contributed by atoms with Crippen molar-refractivity contribution in [3.8, 4) is 17.2 Å². The summed E-state index contributed by atoms with van der Waals surface area (Å²) in [6.45, 7) is 45.9. The van der Waals surface area contributed by atoms with Gasteiger partial charge in [-0.25, -0.2) is 0 Å². The molecule has 10 rings (SSSR count). The van der Waals surface area contributed by atoms with Gasteiger partial charge >= 0.3 is 0 Å². The summed E-state index contributed by atoms with van der Waals surface area (Å²) in [6, 6.07) is 24.8. The first-order chi connectivity index (χ1) is 38.9. The van der Waals surface area contributed by atoms with Gasteiger partial charge in [-0.05, 0) is 214 Å². The van der Waals surface area contributed by atoms with Gasteiger partial charge in [0.1, 0.15) is 61.0 Å². The Bertz CT molecular complexity index is 2420. The van der Waals surface area contributed by atoms with Gasteiger partial charge in [-0.3, -0.25) is 14.5 Å². The van der Waals surface area contributed by atoms with E-state index >= 15 is 0 Å². The maximum atomic E-state index is 6.59. The van der Waals surface area contributed by atoms with Gasteiger partial charge < -0.3 is 37.9 Å². The first-order valence-electron chi connectivity index (χ1n) is 31.6. The highest BCUT2D eigenvalue weighted by Crippen LogP contribution is 2.50. The van der Waals surface area contributed by atoms with E-state index in [0.29, 0.717) is 13.2 Å². The second-order valence-electron chi connectivity index (χ2n) is 29.8. The molecule has 1 aliphatic carbocycles. The van der Waals surface area contributed by atoms with Crippen LogP contribution in [0.15, 0.2) is 72.8 Å². The minimum atomic E-state index is -0.546. The van der Waals surface area contributed by atoms with Crippen LogP contribution in [0.5, 0.6) is 17.2 Å². The number of ether oxygens (including phenoxy) is 8. The summed E-state index contributed by atoms with van der Waals surface area (Å²) < 4.78 is 46.5. The number of piperidine rings is 3. The van der Waals surface area contributed by atoms with E-state index < -0.39 is 5.79 Å². The van der Waals surface area contributed by atoms with Gasteiger partial charge in [0, 0.05) is 58.1 Å². The fraction of sp³-hybridized carbons (Fsp3) is 0.739. The van der Waals surface area contributed by atoms with Gasteiger partial charge in [-0.1, -0.05) is 57.2 Å². The molecule has 0 amide bonds. The molecule has 5 atom stereocenters. The summed E-state index contributed by atoms with van der Waals surface area (Å²) in [5.41, 5.74) is 2.99. The highest BCUT2D eigenvalue weighted by Gasteiger charge is 2.57. The number of hydroxylamine groups is 6. The van der Waals surface area contributed by atoms with E-state index in [-0.39, 0.29) is 75.3 Å². The monoisotopic (exact) mass is 1160 g/mol. The predicted octanol–water partition coefficient (Wildman–Crippen LogP) is 15.3. The van der Waals surface area contributed by atoms with Crippen LogP contribution in [0, 0.1) is 11.3 Å². The lowest BCUT2D eigenvalue weighted by atomic mass is 9.77. The Kier molecular flexibility index (Phi) is 21.0. The third-order valence-electron chi connectivity index (χ3n) is 17.4. The largest absolute Gasteiger partial charge is 0.493 e. The zero-order valence-electron chi connectivity index (χ0n) is 54.5. The van der Waals surface area contributed by atoms with E-state index in [1.807, 2.05) is 24.3 Å². The van der Waals surface area contributed by atoms with Gasteiger partial charge in [0.2, 0.25) is 0 Å². The molecule has 0 radical (unpaired) electrons.